The Balaban J connectivity index is 1.85. The minimum atomic E-state index is -0.254. The van der Waals surface area contributed by atoms with Gasteiger partial charge < -0.3 is 19.5 Å². The lowest BCUT2D eigenvalue weighted by molar-refractivity contribution is -0.119. The molecule has 138 valence electrons. The average molecular weight is 357 g/mol. The molecule has 0 heterocycles. The summed E-state index contributed by atoms with van der Waals surface area (Å²) in [6.45, 7) is 2.54. The van der Waals surface area contributed by atoms with E-state index in [1.165, 1.54) is 0 Å². The van der Waals surface area contributed by atoms with Crippen molar-refractivity contribution in [1.29, 1.82) is 0 Å². The van der Waals surface area contributed by atoms with Crippen molar-refractivity contribution in [2.75, 3.05) is 32.7 Å². The van der Waals surface area contributed by atoms with Gasteiger partial charge in [0.05, 0.1) is 33.6 Å². The maximum Gasteiger partial charge on any atom is 0.259 e. The minimum Gasteiger partial charge on any atom is -0.497 e. The summed E-state index contributed by atoms with van der Waals surface area (Å²) < 4.78 is 15.8. The molecule has 2 aromatic carbocycles. The Morgan fingerprint density at radius 1 is 1.08 bits per heavy atom. The van der Waals surface area contributed by atoms with Gasteiger partial charge in [-0.05, 0) is 55.0 Å². The van der Waals surface area contributed by atoms with Crippen LogP contribution in [-0.4, -0.2) is 39.5 Å². The lowest BCUT2D eigenvalue weighted by Gasteiger charge is -2.09. The number of hydrogen-bond acceptors (Lipinski definition) is 6. The van der Waals surface area contributed by atoms with Crippen LogP contribution in [0.4, 0.5) is 5.69 Å². The highest BCUT2D eigenvalue weighted by atomic mass is 16.5. The van der Waals surface area contributed by atoms with Crippen molar-refractivity contribution in [2.45, 2.75) is 6.92 Å². The number of carbonyl (C=O) groups is 1. The first-order chi connectivity index (χ1) is 12.7. The Labute approximate surface area is 153 Å². The van der Waals surface area contributed by atoms with Crippen molar-refractivity contribution in [1.82, 2.24) is 5.43 Å². The van der Waals surface area contributed by atoms with Crippen molar-refractivity contribution in [3.63, 3.8) is 0 Å². The summed E-state index contributed by atoms with van der Waals surface area (Å²) >= 11 is 0. The van der Waals surface area contributed by atoms with Crippen molar-refractivity contribution in [3.05, 3.63) is 48.0 Å². The number of carbonyl (C=O) groups excluding carboxylic acids is 1. The second kappa shape index (κ2) is 9.93. The van der Waals surface area contributed by atoms with E-state index < -0.39 is 0 Å². The zero-order valence-electron chi connectivity index (χ0n) is 15.1. The summed E-state index contributed by atoms with van der Waals surface area (Å²) in [5, 5.41) is 6.96. The second-order valence-electron chi connectivity index (χ2n) is 5.22. The van der Waals surface area contributed by atoms with E-state index in [1.54, 1.807) is 32.6 Å². The lowest BCUT2D eigenvalue weighted by atomic mass is 10.2. The van der Waals surface area contributed by atoms with E-state index in [4.69, 9.17) is 14.2 Å². The Kier molecular flexibility index (Phi) is 7.30. The van der Waals surface area contributed by atoms with Gasteiger partial charge in [0.25, 0.3) is 5.91 Å². The van der Waals surface area contributed by atoms with E-state index >= 15 is 0 Å². The van der Waals surface area contributed by atoms with Crippen LogP contribution in [0.3, 0.4) is 0 Å². The first-order valence-corrected chi connectivity index (χ1v) is 8.17. The molecule has 2 N–H and O–H groups in total. The molecule has 0 saturated heterocycles. The van der Waals surface area contributed by atoms with E-state index in [2.05, 4.69) is 15.8 Å². The Morgan fingerprint density at radius 3 is 2.50 bits per heavy atom. The SMILES string of the molecule is CCOc1cc(/C=N\NC(=O)CNc2ccc(OC)cc2)ccc1OC. The molecule has 0 aliphatic carbocycles. The standard InChI is InChI=1S/C19H23N3O4/c1-4-26-18-11-14(5-10-17(18)25-3)12-21-22-19(23)13-20-15-6-8-16(24-2)9-7-15/h5-12,20H,4,13H2,1-3H3,(H,22,23)/b21-12-. The van der Waals surface area contributed by atoms with Crippen LogP contribution in [0.2, 0.25) is 0 Å². The predicted molar refractivity (Wildman–Crippen MR) is 101 cm³/mol. The number of rotatable bonds is 9. The molecule has 0 atom stereocenters. The Bertz CT molecular complexity index is 745. The summed E-state index contributed by atoms with van der Waals surface area (Å²) in [7, 11) is 3.19. The summed E-state index contributed by atoms with van der Waals surface area (Å²) in [6, 6.07) is 12.7. The molecule has 0 aliphatic rings. The van der Waals surface area contributed by atoms with Gasteiger partial charge in [-0.15, -0.1) is 0 Å². The summed E-state index contributed by atoms with van der Waals surface area (Å²) in [4.78, 5) is 11.8. The third kappa shape index (κ3) is 5.70. The van der Waals surface area contributed by atoms with Gasteiger partial charge in [0.15, 0.2) is 11.5 Å². The van der Waals surface area contributed by atoms with E-state index in [-0.39, 0.29) is 12.5 Å². The smallest absolute Gasteiger partial charge is 0.259 e. The highest BCUT2D eigenvalue weighted by Crippen LogP contribution is 2.27. The first kappa shape index (κ1) is 19.1. The van der Waals surface area contributed by atoms with Crippen LogP contribution in [0.5, 0.6) is 17.2 Å². The maximum atomic E-state index is 11.8. The number of amides is 1. The normalized spacial score (nSPS) is 10.4. The van der Waals surface area contributed by atoms with E-state index in [1.807, 2.05) is 37.3 Å². The van der Waals surface area contributed by atoms with Crippen molar-refractivity contribution < 1.29 is 19.0 Å². The van der Waals surface area contributed by atoms with Gasteiger partial charge in [-0.2, -0.15) is 5.10 Å². The fraction of sp³-hybridized carbons (Fsp3) is 0.263. The van der Waals surface area contributed by atoms with Gasteiger partial charge in [0.1, 0.15) is 5.75 Å². The first-order valence-electron chi connectivity index (χ1n) is 8.17. The summed E-state index contributed by atoms with van der Waals surface area (Å²) in [5.74, 6) is 1.79. The number of benzene rings is 2. The third-order valence-corrected chi connectivity index (χ3v) is 3.43. The molecule has 26 heavy (non-hydrogen) atoms. The van der Waals surface area contributed by atoms with Gasteiger partial charge in [0.2, 0.25) is 0 Å². The molecule has 0 saturated carbocycles. The van der Waals surface area contributed by atoms with Crippen LogP contribution in [0.1, 0.15) is 12.5 Å². The summed E-state index contributed by atoms with van der Waals surface area (Å²) in [6.07, 6.45) is 1.55. The molecule has 7 nitrogen and oxygen atoms in total. The highest BCUT2D eigenvalue weighted by Gasteiger charge is 2.04. The molecule has 0 spiro atoms. The van der Waals surface area contributed by atoms with Gasteiger partial charge in [-0.25, -0.2) is 5.43 Å². The minimum absolute atomic E-state index is 0.108. The van der Waals surface area contributed by atoms with Gasteiger partial charge in [-0.3, -0.25) is 4.79 Å². The topological polar surface area (TPSA) is 81.2 Å². The quantitative estimate of drug-likeness (QED) is 0.533. The number of methoxy groups -OCH3 is 2. The largest absolute Gasteiger partial charge is 0.497 e. The lowest BCUT2D eigenvalue weighted by Crippen LogP contribution is -2.25. The highest BCUT2D eigenvalue weighted by molar-refractivity contribution is 5.84. The number of hydrazone groups is 1. The fourth-order valence-corrected chi connectivity index (χ4v) is 2.15. The number of hydrogen-bond donors (Lipinski definition) is 2. The molecule has 2 rings (SSSR count). The van der Waals surface area contributed by atoms with Gasteiger partial charge >= 0.3 is 0 Å². The van der Waals surface area contributed by atoms with Crippen molar-refractivity contribution in [3.8, 4) is 17.2 Å². The second-order valence-corrected chi connectivity index (χ2v) is 5.22. The molecule has 0 aliphatic heterocycles. The van der Waals surface area contributed by atoms with Gasteiger partial charge in [-0.1, -0.05) is 0 Å². The fourth-order valence-electron chi connectivity index (χ4n) is 2.15. The predicted octanol–water partition coefficient (Wildman–Crippen LogP) is 2.66. The number of nitrogens with zero attached hydrogens (tertiary/aromatic N) is 1. The molecular weight excluding hydrogens is 334 g/mol. The molecule has 0 radical (unpaired) electrons. The van der Waals surface area contributed by atoms with Crippen LogP contribution in [0.15, 0.2) is 47.6 Å². The molecule has 2 aromatic rings. The van der Waals surface area contributed by atoms with Gasteiger partial charge in [0, 0.05) is 5.69 Å². The molecular formula is C19H23N3O4. The Morgan fingerprint density at radius 2 is 1.85 bits per heavy atom. The maximum absolute atomic E-state index is 11.8. The molecule has 0 unspecified atom stereocenters. The van der Waals surface area contributed by atoms with Crippen LogP contribution in [-0.2, 0) is 4.79 Å². The Hall–Kier alpha value is -3.22. The zero-order chi connectivity index (χ0) is 18.8. The monoisotopic (exact) mass is 357 g/mol. The van der Waals surface area contributed by atoms with Crippen LogP contribution >= 0.6 is 0 Å². The molecule has 7 heteroatoms. The number of ether oxygens (including phenoxy) is 3. The number of anilines is 1. The zero-order valence-corrected chi connectivity index (χ0v) is 15.1. The van der Waals surface area contributed by atoms with Crippen LogP contribution in [0.25, 0.3) is 0 Å². The average Bonchev–Trinajstić information content (AvgIpc) is 2.67. The molecule has 1 amide bonds. The molecule has 0 aromatic heterocycles. The third-order valence-electron chi connectivity index (χ3n) is 3.43. The summed E-state index contributed by atoms with van der Waals surface area (Å²) in [5.41, 5.74) is 4.09. The van der Waals surface area contributed by atoms with Crippen molar-refractivity contribution in [2.24, 2.45) is 5.10 Å². The van der Waals surface area contributed by atoms with E-state index in [0.717, 1.165) is 17.0 Å². The van der Waals surface area contributed by atoms with Crippen LogP contribution < -0.4 is 25.0 Å². The van der Waals surface area contributed by atoms with Crippen molar-refractivity contribution >= 4 is 17.8 Å². The molecule has 0 bridgehead atoms. The van der Waals surface area contributed by atoms with Crippen LogP contribution in [0, 0.1) is 0 Å². The van der Waals surface area contributed by atoms with E-state index in [9.17, 15) is 4.79 Å². The van der Waals surface area contributed by atoms with E-state index in [0.29, 0.717) is 18.1 Å². The number of nitrogens with one attached hydrogen (secondary N) is 2. The molecule has 0 fully saturated rings.